The number of amides is 1. The Morgan fingerprint density at radius 2 is 1.68 bits per heavy atom. The molecule has 0 atom stereocenters. The third-order valence-corrected chi connectivity index (χ3v) is 4.77. The van der Waals surface area contributed by atoms with E-state index in [1.165, 1.54) is 5.69 Å². The van der Waals surface area contributed by atoms with Gasteiger partial charge in [-0.1, -0.05) is 30.3 Å². The predicted octanol–water partition coefficient (Wildman–Crippen LogP) is 2.46. The zero-order chi connectivity index (χ0) is 19.9. The van der Waals surface area contributed by atoms with Crippen molar-refractivity contribution in [3.05, 3.63) is 65.7 Å². The molecule has 1 aliphatic rings. The maximum atomic E-state index is 11.2. The Labute approximate surface area is 167 Å². The van der Waals surface area contributed by atoms with Gasteiger partial charge in [-0.2, -0.15) is 0 Å². The number of primary amides is 1. The topological polar surface area (TPSA) is 74.0 Å². The first-order valence-corrected chi connectivity index (χ1v) is 9.77. The summed E-state index contributed by atoms with van der Waals surface area (Å²) in [7, 11) is 0. The van der Waals surface area contributed by atoms with Crippen LogP contribution in [-0.2, 0) is 6.54 Å². The van der Waals surface area contributed by atoms with Gasteiger partial charge in [-0.05, 0) is 43.7 Å². The fraction of sp³-hybridized carbons (Fsp3) is 0.364. The normalized spacial score (nSPS) is 15.0. The molecule has 1 amide bonds. The summed E-state index contributed by atoms with van der Waals surface area (Å²) in [5.41, 5.74) is 8.15. The van der Waals surface area contributed by atoms with E-state index in [-0.39, 0.29) is 0 Å². The molecule has 1 heterocycles. The van der Waals surface area contributed by atoms with Crippen molar-refractivity contribution in [3.63, 3.8) is 0 Å². The number of nitrogens with one attached hydrogen (secondary N) is 1. The maximum Gasteiger partial charge on any atom is 0.248 e. The van der Waals surface area contributed by atoms with Crippen LogP contribution in [0.15, 0.2) is 59.6 Å². The van der Waals surface area contributed by atoms with Crippen LogP contribution >= 0.6 is 0 Å². The number of rotatable bonds is 5. The van der Waals surface area contributed by atoms with Crippen molar-refractivity contribution >= 4 is 17.6 Å². The zero-order valence-electron chi connectivity index (χ0n) is 16.6. The average molecular weight is 380 g/mol. The monoisotopic (exact) mass is 379 g/mol. The van der Waals surface area contributed by atoms with Gasteiger partial charge in [0.1, 0.15) is 0 Å². The minimum atomic E-state index is -0.409. The van der Waals surface area contributed by atoms with E-state index in [9.17, 15) is 4.79 Å². The Morgan fingerprint density at radius 1 is 1.04 bits per heavy atom. The van der Waals surface area contributed by atoms with Gasteiger partial charge in [-0.15, -0.1) is 0 Å². The second-order valence-electron chi connectivity index (χ2n) is 7.31. The average Bonchev–Trinajstić information content (AvgIpc) is 2.72. The minimum Gasteiger partial charge on any atom is -0.368 e. The van der Waals surface area contributed by atoms with Crippen molar-refractivity contribution in [1.29, 1.82) is 0 Å². The lowest BCUT2D eigenvalue weighted by Crippen LogP contribution is -2.53. The second-order valence-corrected chi connectivity index (χ2v) is 7.31. The van der Waals surface area contributed by atoms with Gasteiger partial charge in [0.15, 0.2) is 5.96 Å². The van der Waals surface area contributed by atoms with Crippen LogP contribution in [0.2, 0.25) is 0 Å². The molecule has 28 heavy (non-hydrogen) atoms. The number of nitrogens with two attached hydrogens (primary N) is 1. The van der Waals surface area contributed by atoms with Gasteiger partial charge in [0.2, 0.25) is 5.91 Å². The Morgan fingerprint density at radius 3 is 2.25 bits per heavy atom. The van der Waals surface area contributed by atoms with Gasteiger partial charge in [-0.3, -0.25) is 4.79 Å². The van der Waals surface area contributed by atoms with E-state index in [2.05, 4.69) is 53.2 Å². The van der Waals surface area contributed by atoms with Crippen molar-refractivity contribution in [2.24, 2.45) is 10.7 Å². The number of hydrogen-bond donors (Lipinski definition) is 2. The van der Waals surface area contributed by atoms with E-state index in [0.717, 1.165) is 37.7 Å². The van der Waals surface area contributed by atoms with E-state index in [4.69, 9.17) is 10.7 Å². The van der Waals surface area contributed by atoms with Gasteiger partial charge < -0.3 is 20.9 Å². The first-order chi connectivity index (χ1) is 13.5. The standard InChI is InChI=1S/C22H29N5O/c1-17(2)25-22(24-16-18-8-10-19(11-9-18)21(23)28)27-14-12-26(13-15-27)20-6-4-3-5-7-20/h3-11,17H,12-16H2,1-2H3,(H2,23,28)(H,24,25). The number of aliphatic imine (C=N–C) groups is 1. The highest BCUT2D eigenvalue weighted by molar-refractivity contribution is 5.92. The molecule has 2 aromatic rings. The summed E-state index contributed by atoms with van der Waals surface area (Å²) >= 11 is 0. The number of para-hydroxylation sites is 1. The van der Waals surface area contributed by atoms with Gasteiger partial charge in [0, 0.05) is 43.5 Å². The first-order valence-electron chi connectivity index (χ1n) is 9.77. The molecule has 2 aromatic carbocycles. The van der Waals surface area contributed by atoms with E-state index >= 15 is 0 Å². The smallest absolute Gasteiger partial charge is 0.248 e. The van der Waals surface area contributed by atoms with E-state index in [1.807, 2.05) is 18.2 Å². The summed E-state index contributed by atoms with van der Waals surface area (Å²) in [4.78, 5) is 20.8. The molecule has 0 unspecified atom stereocenters. The molecule has 0 saturated carbocycles. The SMILES string of the molecule is CC(C)NC(=NCc1ccc(C(N)=O)cc1)N1CCN(c2ccccc2)CC1. The summed E-state index contributed by atoms with van der Waals surface area (Å²) in [6.07, 6.45) is 0. The van der Waals surface area contributed by atoms with Crippen molar-refractivity contribution in [2.45, 2.75) is 26.4 Å². The molecule has 3 N–H and O–H groups in total. The summed E-state index contributed by atoms with van der Waals surface area (Å²) in [5, 5.41) is 3.49. The van der Waals surface area contributed by atoms with Crippen LogP contribution in [0.1, 0.15) is 29.8 Å². The van der Waals surface area contributed by atoms with Crippen LogP contribution in [0.3, 0.4) is 0 Å². The third-order valence-electron chi connectivity index (χ3n) is 4.77. The Kier molecular flexibility index (Phi) is 6.53. The Hall–Kier alpha value is -3.02. The molecule has 1 saturated heterocycles. The lowest BCUT2D eigenvalue weighted by molar-refractivity contribution is 0.100. The zero-order valence-corrected chi connectivity index (χ0v) is 16.6. The number of carbonyl (C=O) groups excluding carboxylic acids is 1. The van der Waals surface area contributed by atoms with Crippen molar-refractivity contribution in [1.82, 2.24) is 10.2 Å². The first kappa shape index (κ1) is 19.7. The van der Waals surface area contributed by atoms with Crippen LogP contribution in [0.4, 0.5) is 5.69 Å². The number of benzene rings is 2. The summed E-state index contributed by atoms with van der Waals surface area (Å²) < 4.78 is 0. The molecule has 0 radical (unpaired) electrons. The van der Waals surface area contributed by atoms with E-state index in [0.29, 0.717) is 18.2 Å². The van der Waals surface area contributed by atoms with Crippen LogP contribution in [-0.4, -0.2) is 49.0 Å². The molecule has 0 bridgehead atoms. The number of nitrogens with zero attached hydrogens (tertiary/aromatic N) is 3. The highest BCUT2D eigenvalue weighted by Crippen LogP contribution is 2.16. The molecule has 148 valence electrons. The summed E-state index contributed by atoms with van der Waals surface area (Å²) in [5.74, 6) is 0.523. The third kappa shape index (κ3) is 5.25. The minimum absolute atomic E-state index is 0.308. The van der Waals surface area contributed by atoms with E-state index in [1.54, 1.807) is 12.1 Å². The highest BCUT2D eigenvalue weighted by Gasteiger charge is 2.20. The number of anilines is 1. The van der Waals surface area contributed by atoms with Crippen molar-refractivity contribution in [3.8, 4) is 0 Å². The molecule has 6 heteroatoms. The fourth-order valence-corrected chi connectivity index (χ4v) is 3.25. The summed E-state index contributed by atoms with van der Waals surface area (Å²) in [6, 6.07) is 18.2. The predicted molar refractivity (Wildman–Crippen MR) is 115 cm³/mol. The molecule has 0 spiro atoms. The van der Waals surface area contributed by atoms with Crippen molar-refractivity contribution < 1.29 is 4.79 Å². The van der Waals surface area contributed by atoms with E-state index < -0.39 is 5.91 Å². The van der Waals surface area contributed by atoms with Gasteiger partial charge >= 0.3 is 0 Å². The quantitative estimate of drug-likeness (QED) is 0.618. The molecule has 1 aliphatic heterocycles. The largest absolute Gasteiger partial charge is 0.368 e. The van der Waals surface area contributed by atoms with Crippen LogP contribution in [0.25, 0.3) is 0 Å². The number of guanidine groups is 1. The van der Waals surface area contributed by atoms with Gasteiger partial charge in [-0.25, -0.2) is 4.99 Å². The fourth-order valence-electron chi connectivity index (χ4n) is 3.25. The molecule has 0 aromatic heterocycles. The molecular weight excluding hydrogens is 350 g/mol. The maximum absolute atomic E-state index is 11.2. The number of piperazine rings is 1. The molecular formula is C22H29N5O. The van der Waals surface area contributed by atoms with Crippen LogP contribution < -0.4 is 16.0 Å². The molecule has 6 nitrogen and oxygen atoms in total. The van der Waals surface area contributed by atoms with Crippen LogP contribution in [0, 0.1) is 0 Å². The number of hydrogen-bond acceptors (Lipinski definition) is 3. The summed E-state index contributed by atoms with van der Waals surface area (Å²) in [6.45, 7) is 8.59. The van der Waals surface area contributed by atoms with Crippen LogP contribution in [0.5, 0.6) is 0 Å². The molecule has 0 aliphatic carbocycles. The highest BCUT2D eigenvalue weighted by atomic mass is 16.1. The van der Waals surface area contributed by atoms with Gasteiger partial charge in [0.25, 0.3) is 0 Å². The molecule has 1 fully saturated rings. The molecule has 3 rings (SSSR count). The lowest BCUT2D eigenvalue weighted by Gasteiger charge is -2.38. The van der Waals surface area contributed by atoms with Gasteiger partial charge in [0.05, 0.1) is 6.54 Å². The second kappa shape index (κ2) is 9.26. The lowest BCUT2D eigenvalue weighted by atomic mass is 10.1. The Balaban J connectivity index is 1.65. The number of carbonyl (C=O) groups is 1. The Bertz CT molecular complexity index is 793. The van der Waals surface area contributed by atoms with Crippen molar-refractivity contribution in [2.75, 3.05) is 31.1 Å².